The zero-order chi connectivity index (χ0) is 10.7. The van der Waals surface area contributed by atoms with Gasteiger partial charge in [0.05, 0.1) is 16.5 Å². The maximum atomic E-state index is 5.92. The van der Waals surface area contributed by atoms with E-state index in [4.69, 9.17) is 4.74 Å². The first-order chi connectivity index (χ1) is 7.25. The summed E-state index contributed by atoms with van der Waals surface area (Å²) in [5.74, 6) is 0.676. The minimum absolute atomic E-state index is 0.375. The highest BCUT2D eigenvalue weighted by atomic mass is 79.9. The zero-order valence-electron chi connectivity index (χ0n) is 8.83. The molecule has 4 heteroatoms. The average molecular weight is 290 g/mol. The van der Waals surface area contributed by atoms with Crippen LogP contribution in [0.15, 0.2) is 15.9 Å². The first kappa shape index (κ1) is 11.6. The Morgan fingerprint density at radius 2 is 2.47 bits per heavy atom. The lowest BCUT2D eigenvalue weighted by atomic mass is 9.97. The number of nitrogens with one attached hydrogen (secondary N) is 1. The van der Waals surface area contributed by atoms with Gasteiger partial charge in [-0.15, -0.1) is 11.3 Å². The summed E-state index contributed by atoms with van der Waals surface area (Å²) < 4.78 is 7.10. The standard InChI is InChI=1S/C11H16BrNOS/c1-8-4-5-13-6-10(8)14-7-9-2-3-11(12)15-9/h2-3,8,10,13H,4-7H2,1H3. The molecule has 2 unspecified atom stereocenters. The van der Waals surface area contributed by atoms with Crippen molar-refractivity contribution in [1.82, 2.24) is 5.32 Å². The monoisotopic (exact) mass is 289 g/mol. The van der Waals surface area contributed by atoms with Crippen LogP contribution in [-0.2, 0) is 11.3 Å². The molecule has 0 aromatic carbocycles. The Kier molecular flexibility index (Phi) is 4.20. The molecule has 1 aliphatic rings. The summed E-state index contributed by atoms with van der Waals surface area (Å²) in [6.45, 7) is 5.14. The molecule has 0 saturated carbocycles. The van der Waals surface area contributed by atoms with Crippen LogP contribution in [0.3, 0.4) is 0 Å². The number of halogens is 1. The Morgan fingerprint density at radius 1 is 1.60 bits per heavy atom. The van der Waals surface area contributed by atoms with E-state index in [0.29, 0.717) is 12.0 Å². The summed E-state index contributed by atoms with van der Waals surface area (Å²) in [5, 5.41) is 3.38. The van der Waals surface area contributed by atoms with Crippen LogP contribution in [-0.4, -0.2) is 19.2 Å². The van der Waals surface area contributed by atoms with Crippen molar-refractivity contribution in [3.05, 3.63) is 20.8 Å². The fourth-order valence-corrected chi connectivity index (χ4v) is 3.21. The molecule has 0 amide bonds. The second-order valence-corrected chi connectivity index (χ2v) is 6.57. The molecule has 2 rings (SSSR count). The SMILES string of the molecule is CC1CCNCC1OCc1ccc(Br)s1. The predicted octanol–water partition coefficient (Wildman–Crippen LogP) is 3.03. The number of rotatable bonds is 3. The molecule has 1 saturated heterocycles. The molecule has 15 heavy (non-hydrogen) atoms. The van der Waals surface area contributed by atoms with E-state index in [1.54, 1.807) is 11.3 Å². The fraction of sp³-hybridized carbons (Fsp3) is 0.636. The number of ether oxygens (including phenoxy) is 1. The van der Waals surface area contributed by atoms with Crippen LogP contribution in [0.4, 0.5) is 0 Å². The fourth-order valence-electron chi connectivity index (χ4n) is 1.80. The van der Waals surface area contributed by atoms with E-state index in [0.717, 1.165) is 19.7 Å². The summed E-state index contributed by atoms with van der Waals surface area (Å²) in [7, 11) is 0. The van der Waals surface area contributed by atoms with E-state index in [1.807, 2.05) is 0 Å². The Hall–Kier alpha value is 0.1000. The number of hydrogen-bond acceptors (Lipinski definition) is 3. The smallest absolute Gasteiger partial charge is 0.0814 e. The van der Waals surface area contributed by atoms with Crippen molar-refractivity contribution in [2.45, 2.75) is 26.1 Å². The van der Waals surface area contributed by atoms with Crippen LogP contribution in [0.2, 0.25) is 0 Å². The highest BCUT2D eigenvalue weighted by molar-refractivity contribution is 9.11. The lowest BCUT2D eigenvalue weighted by molar-refractivity contribution is -0.00539. The highest BCUT2D eigenvalue weighted by Crippen LogP contribution is 2.24. The third-order valence-electron chi connectivity index (χ3n) is 2.83. The summed E-state index contributed by atoms with van der Waals surface area (Å²) in [6.07, 6.45) is 1.60. The van der Waals surface area contributed by atoms with Crippen LogP contribution >= 0.6 is 27.3 Å². The molecular weight excluding hydrogens is 274 g/mol. The molecule has 1 aromatic rings. The molecule has 1 aliphatic heterocycles. The molecule has 0 bridgehead atoms. The Bertz CT molecular complexity index is 315. The van der Waals surface area contributed by atoms with Crippen molar-refractivity contribution >= 4 is 27.3 Å². The van der Waals surface area contributed by atoms with Gasteiger partial charge in [0, 0.05) is 11.4 Å². The Labute approximate surface area is 103 Å². The summed E-state index contributed by atoms with van der Waals surface area (Å²) in [6, 6.07) is 4.20. The lowest BCUT2D eigenvalue weighted by Crippen LogP contribution is -2.40. The van der Waals surface area contributed by atoms with Crippen LogP contribution in [0.25, 0.3) is 0 Å². The molecule has 84 valence electrons. The van der Waals surface area contributed by atoms with Crippen molar-refractivity contribution in [2.75, 3.05) is 13.1 Å². The van der Waals surface area contributed by atoms with E-state index < -0.39 is 0 Å². The maximum Gasteiger partial charge on any atom is 0.0814 e. The molecule has 0 spiro atoms. The van der Waals surface area contributed by atoms with Crippen LogP contribution in [0.1, 0.15) is 18.2 Å². The molecule has 0 aliphatic carbocycles. The molecule has 1 aromatic heterocycles. The van der Waals surface area contributed by atoms with Gasteiger partial charge >= 0.3 is 0 Å². The summed E-state index contributed by atoms with van der Waals surface area (Å²) in [5.41, 5.74) is 0. The van der Waals surface area contributed by atoms with Crippen molar-refractivity contribution < 1.29 is 4.74 Å². The van der Waals surface area contributed by atoms with Gasteiger partial charge in [0.15, 0.2) is 0 Å². The molecular formula is C11H16BrNOS. The van der Waals surface area contributed by atoms with Gasteiger partial charge in [-0.2, -0.15) is 0 Å². The van der Waals surface area contributed by atoms with Gasteiger partial charge in [0.2, 0.25) is 0 Å². The van der Waals surface area contributed by atoms with Gasteiger partial charge < -0.3 is 10.1 Å². The van der Waals surface area contributed by atoms with Gasteiger partial charge in [-0.3, -0.25) is 0 Å². The third-order valence-corrected chi connectivity index (χ3v) is 4.42. The molecule has 0 radical (unpaired) electrons. The summed E-state index contributed by atoms with van der Waals surface area (Å²) >= 11 is 5.21. The minimum atomic E-state index is 0.375. The zero-order valence-corrected chi connectivity index (χ0v) is 11.2. The third kappa shape index (κ3) is 3.28. The first-order valence-electron chi connectivity index (χ1n) is 5.32. The minimum Gasteiger partial charge on any atom is -0.371 e. The highest BCUT2D eigenvalue weighted by Gasteiger charge is 2.21. The van der Waals surface area contributed by atoms with E-state index in [9.17, 15) is 0 Å². The van der Waals surface area contributed by atoms with E-state index in [1.165, 1.54) is 15.1 Å². The first-order valence-corrected chi connectivity index (χ1v) is 6.93. The number of piperidine rings is 1. The van der Waals surface area contributed by atoms with Crippen LogP contribution in [0, 0.1) is 5.92 Å². The van der Waals surface area contributed by atoms with Crippen molar-refractivity contribution in [3.63, 3.8) is 0 Å². The van der Waals surface area contributed by atoms with Gasteiger partial charge in [-0.1, -0.05) is 6.92 Å². The molecule has 1 fully saturated rings. The average Bonchev–Trinajstić information content (AvgIpc) is 2.63. The lowest BCUT2D eigenvalue weighted by Gasteiger charge is -2.29. The topological polar surface area (TPSA) is 21.3 Å². The molecule has 1 N–H and O–H groups in total. The summed E-state index contributed by atoms with van der Waals surface area (Å²) in [4.78, 5) is 1.29. The Balaban J connectivity index is 1.81. The van der Waals surface area contributed by atoms with Crippen molar-refractivity contribution in [2.24, 2.45) is 5.92 Å². The molecule has 2 nitrogen and oxygen atoms in total. The van der Waals surface area contributed by atoms with Crippen LogP contribution < -0.4 is 5.32 Å². The van der Waals surface area contributed by atoms with Gasteiger partial charge in [-0.05, 0) is 46.9 Å². The van der Waals surface area contributed by atoms with Gasteiger partial charge in [0.25, 0.3) is 0 Å². The van der Waals surface area contributed by atoms with Crippen molar-refractivity contribution in [1.29, 1.82) is 0 Å². The van der Waals surface area contributed by atoms with Crippen molar-refractivity contribution in [3.8, 4) is 0 Å². The van der Waals surface area contributed by atoms with E-state index in [-0.39, 0.29) is 0 Å². The second kappa shape index (κ2) is 5.43. The number of hydrogen-bond donors (Lipinski definition) is 1. The van der Waals surface area contributed by atoms with E-state index in [2.05, 4.69) is 40.3 Å². The molecule has 2 heterocycles. The quantitative estimate of drug-likeness (QED) is 0.924. The maximum absolute atomic E-state index is 5.92. The second-order valence-electron chi connectivity index (χ2n) is 4.03. The van der Waals surface area contributed by atoms with Gasteiger partial charge in [0.1, 0.15) is 0 Å². The predicted molar refractivity (Wildman–Crippen MR) is 67.2 cm³/mol. The Morgan fingerprint density at radius 3 is 3.13 bits per heavy atom. The number of thiophene rings is 1. The van der Waals surface area contributed by atoms with Crippen LogP contribution in [0.5, 0.6) is 0 Å². The largest absolute Gasteiger partial charge is 0.371 e. The van der Waals surface area contributed by atoms with Gasteiger partial charge in [-0.25, -0.2) is 0 Å². The van der Waals surface area contributed by atoms with E-state index >= 15 is 0 Å². The normalized spacial score (nSPS) is 26.8. The molecule has 2 atom stereocenters.